The minimum atomic E-state index is -0.245. The molecule has 0 aliphatic carbocycles. The molecule has 0 saturated carbocycles. The summed E-state index contributed by atoms with van der Waals surface area (Å²) in [5, 5.41) is 5.79. The fourth-order valence-electron chi connectivity index (χ4n) is 2.69. The minimum Gasteiger partial charge on any atom is -0.369 e. The molecule has 1 fully saturated rings. The summed E-state index contributed by atoms with van der Waals surface area (Å²) in [4.78, 5) is 14.2. The van der Waals surface area contributed by atoms with E-state index in [-0.39, 0.29) is 17.9 Å². The standard InChI is InChI=1S/C17H17BrFN3O/c18-15-6-1-2-7-16(15)21-17(23)20-13-8-9-22(11-13)14-5-3-4-12(19)10-14/h1-7,10,13H,8-9,11H2,(H2,20,21,23)/t13-/m0/s1. The molecular weight excluding hydrogens is 361 g/mol. The zero-order valence-electron chi connectivity index (χ0n) is 12.4. The van der Waals surface area contributed by atoms with E-state index in [1.807, 2.05) is 30.3 Å². The third-order valence-corrected chi connectivity index (χ3v) is 4.51. The molecule has 1 aliphatic heterocycles. The molecule has 2 N–H and O–H groups in total. The van der Waals surface area contributed by atoms with Crippen molar-refractivity contribution in [1.82, 2.24) is 5.32 Å². The summed E-state index contributed by atoms with van der Waals surface area (Å²) in [5.74, 6) is -0.245. The van der Waals surface area contributed by atoms with Gasteiger partial charge in [-0.05, 0) is 52.7 Å². The normalized spacial score (nSPS) is 17.1. The van der Waals surface area contributed by atoms with Gasteiger partial charge in [-0.1, -0.05) is 18.2 Å². The summed E-state index contributed by atoms with van der Waals surface area (Å²) in [5.41, 5.74) is 1.57. The SMILES string of the molecule is O=C(Nc1ccccc1Br)N[C@H]1CCN(c2cccc(F)c2)C1. The molecule has 120 valence electrons. The van der Waals surface area contributed by atoms with Crippen LogP contribution in [0.1, 0.15) is 6.42 Å². The Morgan fingerprint density at radius 1 is 1.22 bits per heavy atom. The number of carbonyl (C=O) groups excluding carboxylic acids is 1. The van der Waals surface area contributed by atoms with Gasteiger partial charge in [0.1, 0.15) is 5.82 Å². The summed E-state index contributed by atoms with van der Waals surface area (Å²) in [7, 11) is 0. The van der Waals surface area contributed by atoms with Crippen molar-refractivity contribution in [3.63, 3.8) is 0 Å². The highest BCUT2D eigenvalue weighted by Gasteiger charge is 2.24. The van der Waals surface area contributed by atoms with Crippen LogP contribution in [-0.2, 0) is 0 Å². The van der Waals surface area contributed by atoms with Gasteiger partial charge in [-0.2, -0.15) is 0 Å². The largest absolute Gasteiger partial charge is 0.369 e. The van der Waals surface area contributed by atoms with Gasteiger partial charge in [0.25, 0.3) is 0 Å². The predicted octanol–water partition coefficient (Wildman–Crippen LogP) is 3.99. The molecule has 0 bridgehead atoms. The fraction of sp³-hybridized carbons (Fsp3) is 0.235. The molecule has 1 heterocycles. The number of para-hydroxylation sites is 1. The van der Waals surface area contributed by atoms with Crippen LogP contribution in [0.3, 0.4) is 0 Å². The van der Waals surface area contributed by atoms with Crippen LogP contribution in [0.25, 0.3) is 0 Å². The van der Waals surface area contributed by atoms with Gasteiger partial charge in [-0.15, -0.1) is 0 Å². The van der Waals surface area contributed by atoms with E-state index in [0.717, 1.165) is 28.8 Å². The molecule has 2 aromatic rings. The van der Waals surface area contributed by atoms with E-state index in [1.54, 1.807) is 6.07 Å². The Balaban J connectivity index is 1.55. The lowest BCUT2D eigenvalue weighted by Crippen LogP contribution is -2.39. The van der Waals surface area contributed by atoms with Gasteiger partial charge < -0.3 is 15.5 Å². The molecule has 3 rings (SSSR count). The van der Waals surface area contributed by atoms with Crippen LogP contribution < -0.4 is 15.5 Å². The second kappa shape index (κ2) is 7.00. The zero-order chi connectivity index (χ0) is 16.2. The first-order chi connectivity index (χ1) is 11.1. The summed E-state index contributed by atoms with van der Waals surface area (Å²) in [6, 6.07) is 13.8. The van der Waals surface area contributed by atoms with Crippen molar-refractivity contribution in [2.24, 2.45) is 0 Å². The average Bonchev–Trinajstić information content (AvgIpc) is 2.98. The van der Waals surface area contributed by atoms with Crippen LogP contribution in [0.15, 0.2) is 53.0 Å². The number of nitrogens with one attached hydrogen (secondary N) is 2. The molecule has 0 radical (unpaired) electrons. The van der Waals surface area contributed by atoms with E-state index < -0.39 is 0 Å². The van der Waals surface area contributed by atoms with E-state index in [2.05, 4.69) is 31.5 Å². The lowest BCUT2D eigenvalue weighted by molar-refractivity contribution is 0.249. The maximum Gasteiger partial charge on any atom is 0.319 e. The molecule has 4 nitrogen and oxygen atoms in total. The first kappa shape index (κ1) is 15.8. The third-order valence-electron chi connectivity index (χ3n) is 3.82. The number of urea groups is 1. The highest BCUT2D eigenvalue weighted by molar-refractivity contribution is 9.10. The third kappa shape index (κ3) is 4.01. The second-order valence-electron chi connectivity index (χ2n) is 5.49. The number of carbonyl (C=O) groups is 1. The van der Waals surface area contributed by atoms with Crippen molar-refractivity contribution in [1.29, 1.82) is 0 Å². The maximum absolute atomic E-state index is 13.3. The van der Waals surface area contributed by atoms with Crippen molar-refractivity contribution >= 4 is 33.3 Å². The van der Waals surface area contributed by atoms with Crippen molar-refractivity contribution in [3.05, 3.63) is 58.8 Å². The van der Waals surface area contributed by atoms with Gasteiger partial charge in [-0.3, -0.25) is 0 Å². The second-order valence-corrected chi connectivity index (χ2v) is 6.34. The van der Waals surface area contributed by atoms with Crippen molar-refractivity contribution < 1.29 is 9.18 Å². The Labute approximate surface area is 142 Å². The number of nitrogens with zero attached hydrogens (tertiary/aromatic N) is 1. The van der Waals surface area contributed by atoms with Crippen LogP contribution in [0.5, 0.6) is 0 Å². The van der Waals surface area contributed by atoms with Gasteiger partial charge >= 0.3 is 6.03 Å². The van der Waals surface area contributed by atoms with Crippen LogP contribution in [0, 0.1) is 5.82 Å². The van der Waals surface area contributed by atoms with Gasteiger partial charge in [0.2, 0.25) is 0 Å². The molecule has 0 aromatic heterocycles. The summed E-state index contributed by atoms with van der Waals surface area (Å²) < 4.78 is 14.1. The molecule has 23 heavy (non-hydrogen) atoms. The number of rotatable bonds is 3. The minimum absolute atomic E-state index is 0.0424. The first-order valence-corrected chi connectivity index (χ1v) is 8.24. The quantitative estimate of drug-likeness (QED) is 0.849. The Hall–Kier alpha value is -2.08. The molecule has 1 saturated heterocycles. The smallest absolute Gasteiger partial charge is 0.319 e. The monoisotopic (exact) mass is 377 g/mol. The van der Waals surface area contributed by atoms with Crippen LogP contribution in [0.2, 0.25) is 0 Å². The number of anilines is 2. The lowest BCUT2D eigenvalue weighted by Gasteiger charge is -2.19. The molecule has 1 aliphatic rings. The van der Waals surface area contributed by atoms with Crippen molar-refractivity contribution in [2.75, 3.05) is 23.3 Å². The number of halogens is 2. The highest BCUT2D eigenvalue weighted by atomic mass is 79.9. The number of hydrogen-bond donors (Lipinski definition) is 2. The molecular formula is C17H17BrFN3O. The molecule has 0 spiro atoms. The zero-order valence-corrected chi connectivity index (χ0v) is 14.0. The van der Waals surface area contributed by atoms with Crippen LogP contribution in [-0.4, -0.2) is 25.2 Å². The topological polar surface area (TPSA) is 44.4 Å². The van der Waals surface area contributed by atoms with Crippen molar-refractivity contribution in [2.45, 2.75) is 12.5 Å². The molecule has 0 unspecified atom stereocenters. The van der Waals surface area contributed by atoms with Gasteiger partial charge in [0, 0.05) is 29.3 Å². The van der Waals surface area contributed by atoms with E-state index in [4.69, 9.17) is 0 Å². The van der Waals surface area contributed by atoms with E-state index in [0.29, 0.717) is 6.54 Å². The van der Waals surface area contributed by atoms with Gasteiger partial charge in [-0.25, -0.2) is 9.18 Å². The summed E-state index contributed by atoms with van der Waals surface area (Å²) in [6.07, 6.45) is 0.833. The van der Waals surface area contributed by atoms with E-state index in [9.17, 15) is 9.18 Å². The van der Waals surface area contributed by atoms with E-state index >= 15 is 0 Å². The molecule has 2 amide bonds. The molecule has 6 heteroatoms. The Morgan fingerprint density at radius 2 is 2.04 bits per heavy atom. The molecule has 1 atom stereocenters. The fourth-order valence-corrected chi connectivity index (χ4v) is 3.08. The Kier molecular flexibility index (Phi) is 4.81. The van der Waals surface area contributed by atoms with Gasteiger partial charge in [0.15, 0.2) is 0 Å². The first-order valence-electron chi connectivity index (χ1n) is 7.44. The Bertz CT molecular complexity index is 710. The van der Waals surface area contributed by atoms with E-state index in [1.165, 1.54) is 12.1 Å². The number of hydrogen-bond acceptors (Lipinski definition) is 2. The highest BCUT2D eigenvalue weighted by Crippen LogP contribution is 2.22. The van der Waals surface area contributed by atoms with Crippen molar-refractivity contribution in [3.8, 4) is 0 Å². The number of benzene rings is 2. The summed E-state index contributed by atoms with van der Waals surface area (Å²) >= 11 is 3.40. The lowest BCUT2D eigenvalue weighted by atomic mass is 10.2. The summed E-state index contributed by atoms with van der Waals surface area (Å²) in [6.45, 7) is 1.47. The van der Waals surface area contributed by atoms with Crippen LogP contribution in [0.4, 0.5) is 20.6 Å². The average molecular weight is 378 g/mol. The maximum atomic E-state index is 13.3. The number of amides is 2. The molecule has 2 aromatic carbocycles. The predicted molar refractivity (Wildman–Crippen MR) is 93.3 cm³/mol. The Morgan fingerprint density at radius 3 is 2.83 bits per heavy atom. The van der Waals surface area contributed by atoms with Crippen LogP contribution >= 0.6 is 15.9 Å². The van der Waals surface area contributed by atoms with Gasteiger partial charge in [0.05, 0.1) is 5.69 Å².